The van der Waals surface area contributed by atoms with Crippen LogP contribution in [0, 0.1) is 0 Å². The van der Waals surface area contributed by atoms with E-state index in [0.717, 1.165) is 15.5 Å². The molecule has 0 N–H and O–H groups in total. The minimum atomic E-state index is 0.0659. The van der Waals surface area contributed by atoms with Crippen molar-refractivity contribution < 1.29 is 4.79 Å². The summed E-state index contributed by atoms with van der Waals surface area (Å²) in [6, 6.07) is 5.82. The van der Waals surface area contributed by atoms with Crippen molar-refractivity contribution in [3.8, 4) is 0 Å². The maximum absolute atomic E-state index is 12.6. The van der Waals surface area contributed by atoms with E-state index in [-0.39, 0.29) is 11.9 Å². The van der Waals surface area contributed by atoms with Gasteiger partial charge in [0.2, 0.25) is 0 Å². The lowest BCUT2D eigenvalue weighted by molar-refractivity contribution is 0.0678. The molecule has 0 aliphatic heterocycles. The van der Waals surface area contributed by atoms with Crippen molar-refractivity contribution in [1.82, 2.24) is 9.80 Å². The van der Waals surface area contributed by atoms with Crippen LogP contribution in [0.15, 0.2) is 27.1 Å². The number of hydrogen-bond donors (Lipinski definition) is 0. The predicted octanol–water partition coefficient (Wildman–Crippen LogP) is 3.62. The summed E-state index contributed by atoms with van der Waals surface area (Å²) in [6.45, 7) is 5.65. The van der Waals surface area contributed by atoms with Crippen LogP contribution in [0.2, 0.25) is 0 Å². The fourth-order valence-electron chi connectivity index (χ4n) is 2.10. The second-order valence-electron chi connectivity index (χ2n) is 4.83. The molecular formula is C14H20Br2N2O. The van der Waals surface area contributed by atoms with E-state index >= 15 is 0 Å². The normalized spacial score (nSPS) is 12.6. The van der Waals surface area contributed by atoms with Crippen LogP contribution in [-0.2, 0) is 0 Å². The molecule has 1 atom stereocenters. The van der Waals surface area contributed by atoms with E-state index in [2.05, 4.69) is 43.7 Å². The van der Waals surface area contributed by atoms with Gasteiger partial charge in [0.05, 0.1) is 5.56 Å². The Hall–Kier alpha value is -0.390. The molecule has 1 aromatic rings. The predicted molar refractivity (Wildman–Crippen MR) is 86.6 cm³/mol. The summed E-state index contributed by atoms with van der Waals surface area (Å²) >= 11 is 6.86. The molecule has 5 heteroatoms. The molecule has 1 rings (SSSR count). The molecule has 0 saturated carbocycles. The van der Waals surface area contributed by atoms with Gasteiger partial charge in [-0.3, -0.25) is 4.79 Å². The molecule has 0 heterocycles. The van der Waals surface area contributed by atoms with E-state index in [1.54, 1.807) is 0 Å². The van der Waals surface area contributed by atoms with Crippen molar-refractivity contribution in [2.24, 2.45) is 0 Å². The van der Waals surface area contributed by atoms with Crippen LogP contribution in [0.25, 0.3) is 0 Å². The van der Waals surface area contributed by atoms with Gasteiger partial charge in [0, 0.05) is 28.1 Å². The quantitative estimate of drug-likeness (QED) is 0.765. The highest BCUT2D eigenvalue weighted by Crippen LogP contribution is 2.23. The topological polar surface area (TPSA) is 23.6 Å². The number of nitrogens with zero attached hydrogens (tertiary/aromatic N) is 2. The number of carbonyl (C=O) groups is 1. The fourth-order valence-corrected chi connectivity index (χ4v) is 3.32. The second kappa shape index (κ2) is 7.41. The summed E-state index contributed by atoms with van der Waals surface area (Å²) in [5.74, 6) is 0.0659. The Balaban J connectivity index is 2.95. The summed E-state index contributed by atoms with van der Waals surface area (Å²) in [4.78, 5) is 16.6. The number of likely N-dealkylation sites (N-methyl/N-ethyl adjacent to an activating group) is 2. The summed E-state index contributed by atoms with van der Waals surface area (Å²) in [7, 11) is 4.04. The maximum atomic E-state index is 12.6. The summed E-state index contributed by atoms with van der Waals surface area (Å²) in [5, 5.41) is 0. The van der Waals surface area contributed by atoms with E-state index in [9.17, 15) is 4.79 Å². The zero-order valence-corrected chi connectivity index (χ0v) is 15.0. The molecule has 0 fully saturated rings. The smallest absolute Gasteiger partial charge is 0.255 e. The summed E-state index contributed by atoms with van der Waals surface area (Å²) < 4.78 is 1.78. The number of benzene rings is 1. The number of halogens is 2. The van der Waals surface area contributed by atoms with Crippen molar-refractivity contribution >= 4 is 37.8 Å². The number of amides is 1. The first-order valence-electron chi connectivity index (χ1n) is 6.27. The van der Waals surface area contributed by atoms with Gasteiger partial charge in [-0.05, 0) is 62.1 Å². The SMILES string of the molecule is CCN(C(=O)c1ccc(Br)cc1Br)C(C)CN(C)C. The van der Waals surface area contributed by atoms with Crippen LogP contribution in [0.4, 0.5) is 0 Å². The van der Waals surface area contributed by atoms with Crippen molar-refractivity contribution in [2.75, 3.05) is 27.2 Å². The van der Waals surface area contributed by atoms with Crippen LogP contribution >= 0.6 is 31.9 Å². The summed E-state index contributed by atoms with van der Waals surface area (Å²) in [5.41, 5.74) is 0.704. The van der Waals surface area contributed by atoms with Gasteiger partial charge in [-0.1, -0.05) is 15.9 Å². The minimum absolute atomic E-state index is 0.0659. The first-order valence-corrected chi connectivity index (χ1v) is 7.86. The van der Waals surface area contributed by atoms with E-state index in [0.29, 0.717) is 12.1 Å². The Morgan fingerprint density at radius 3 is 2.42 bits per heavy atom. The van der Waals surface area contributed by atoms with Gasteiger partial charge >= 0.3 is 0 Å². The number of carbonyl (C=O) groups excluding carboxylic acids is 1. The van der Waals surface area contributed by atoms with Crippen LogP contribution in [0.3, 0.4) is 0 Å². The van der Waals surface area contributed by atoms with Gasteiger partial charge < -0.3 is 9.80 Å². The highest BCUT2D eigenvalue weighted by molar-refractivity contribution is 9.11. The van der Waals surface area contributed by atoms with Gasteiger partial charge in [0.25, 0.3) is 5.91 Å². The van der Waals surface area contributed by atoms with Crippen molar-refractivity contribution in [3.63, 3.8) is 0 Å². The molecule has 0 radical (unpaired) electrons. The Morgan fingerprint density at radius 2 is 1.95 bits per heavy atom. The zero-order chi connectivity index (χ0) is 14.6. The Labute approximate surface area is 132 Å². The van der Waals surface area contributed by atoms with Crippen molar-refractivity contribution in [1.29, 1.82) is 0 Å². The third-order valence-corrected chi connectivity index (χ3v) is 4.07. The van der Waals surface area contributed by atoms with Crippen molar-refractivity contribution in [3.05, 3.63) is 32.7 Å². The van der Waals surface area contributed by atoms with Crippen LogP contribution in [-0.4, -0.2) is 48.9 Å². The average molecular weight is 392 g/mol. The van der Waals surface area contributed by atoms with Gasteiger partial charge in [0.1, 0.15) is 0 Å². The van der Waals surface area contributed by atoms with Crippen LogP contribution in [0.1, 0.15) is 24.2 Å². The highest BCUT2D eigenvalue weighted by atomic mass is 79.9. The number of rotatable bonds is 5. The molecule has 0 aliphatic rings. The average Bonchev–Trinajstić information content (AvgIpc) is 2.28. The van der Waals surface area contributed by atoms with E-state index in [1.807, 2.05) is 44.1 Å². The molecule has 0 aliphatic carbocycles. The first kappa shape index (κ1) is 16.7. The molecule has 106 valence electrons. The van der Waals surface area contributed by atoms with Gasteiger partial charge in [0.15, 0.2) is 0 Å². The van der Waals surface area contributed by atoms with Crippen LogP contribution < -0.4 is 0 Å². The van der Waals surface area contributed by atoms with Gasteiger partial charge in [-0.15, -0.1) is 0 Å². The zero-order valence-electron chi connectivity index (χ0n) is 11.8. The second-order valence-corrected chi connectivity index (χ2v) is 6.60. The maximum Gasteiger partial charge on any atom is 0.255 e. The standard InChI is InChI=1S/C14H20Br2N2O/c1-5-18(10(2)9-17(3)4)14(19)12-7-6-11(15)8-13(12)16/h6-8,10H,5,9H2,1-4H3. The molecule has 0 saturated heterocycles. The van der Waals surface area contributed by atoms with Crippen LogP contribution in [0.5, 0.6) is 0 Å². The van der Waals surface area contributed by atoms with E-state index in [1.165, 1.54) is 0 Å². The van der Waals surface area contributed by atoms with Gasteiger partial charge in [-0.2, -0.15) is 0 Å². The minimum Gasteiger partial charge on any atom is -0.335 e. The lowest BCUT2D eigenvalue weighted by Crippen LogP contribution is -2.43. The molecule has 19 heavy (non-hydrogen) atoms. The molecule has 0 aromatic heterocycles. The molecule has 3 nitrogen and oxygen atoms in total. The third-order valence-electron chi connectivity index (χ3n) is 2.92. The monoisotopic (exact) mass is 390 g/mol. The molecule has 1 aromatic carbocycles. The highest BCUT2D eigenvalue weighted by Gasteiger charge is 2.22. The summed E-state index contributed by atoms with van der Waals surface area (Å²) in [6.07, 6.45) is 0. The number of hydrogen-bond acceptors (Lipinski definition) is 2. The molecule has 0 bridgehead atoms. The lowest BCUT2D eigenvalue weighted by atomic mass is 10.1. The Kier molecular flexibility index (Phi) is 6.50. The largest absolute Gasteiger partial charge is 0.335 e. The van der Waals surface area contributed by atoms with E-state index in [4.69, 9.17) is 0 Å². The third kappa shape index (κ3) is 4.58. The van der Waals surface area contributed by atoms with Crippen molar-refractivity contribution in [2.45, 2.75) is 19.9 Å². The first-order chi connectivity index (χ1) is 8.86. The Bertz CT molecular complexity index is 449. The van der Waals surface area contributed by atoms with E-state index < -0.39 is 0 Å². The molecule has 0 spiro atoms. The van der Waals surface area contributed by atoms with Gasteiger partial charge in [-0.25, -0.2) is 0 Å². The molecule has 1 amide bonds. The molecular weight excluding hydrogens is 372 g/mol. The lowest BCUT2D eigenvalue weighted by Gasteiger charge is -2.30. The molecule has 1 unspecified atom stereocenters. The Morgan fingerprint density at radius 1 is 1.32 bits per heavy atom. The fraction of sp³-hybridized carbons (Fsp3) is 0.500.